The van der Waals surface area contributed by atoms with Crippen LogP contribution in [0.15, 0.2) is 18.2 Å². The maximum absolute atomic E-state index is 13.5. The zero-order valence-electron chi connectivity index (χ0n) is 13.2. The summed E-state index contributed by atoms with van der Waals surface area (Å²) in [4.78, 5) is 10.6. The number of carbonyl (C=O) groups is 1. The maximum atomic E-state index is 13.5. The van der Waals surface area contributed by atoms with Gasteiger partial charge in [-0.2, -0.15) is 0 Å². The van der Waals surface area contributed by atoms with Crippen LogP contribution in [0.4, 0.5) is 10.1 Å². The summed E-state index contributed by atoms with van der Waals surface area (Å²) in [5.41, 5.74) is 0.447. The number of halogens is 1. The van der Waals surface area contributed by atoms with E-state index in [2.05, 4.69) is 5.32 Å². The molecule has 0 fully saturated rings. The van der Waals surface area contributed by atoms with Gasteiger partial charge >= 0.3 is 0 Å². The first-order valence-electron chi connectivity index (χ1n) is 7.38. The number of anilines is 1. The van der Waals surface area contributed by atoms with Crippen molar-refractivity contribution >= 4 is 11.5 Å². The summed E-state index contributed by atoms with van der Waals surface area (Å²) in [5.74, 6) is 0.202. The van der Waals surface area contributed by atoms with Crippen LogP contribution in [0.2, 0.25) is 0 Å². The van der Waals surface area contributed by atoms with Crippen LogP contribution in [0.5, 0.6) is 5.75 Å². The van der Waals surface area contributed by atoms with E-state index in [1.807, 2.05) is 0 Å². The van der Waals surface area contributed by atoms with Gasteiger partial charge in [-0.15, -0.1) is 0 Å². The molecular weight excluding hydrogens is 289 g/mol. The van der Waals surface area contributed by atoms with Crippen molar-refractivity contribution in [2.45, 2.75) is 19.8 Å². The number of hydrogen-bond donors (Lipinski definition) is 1. The van der Waals surface area contributed by atoms with Crippen LogP contribution >= 0.6 is 0 Å². The minimum absolute atomic E-state index is 0.0252. The zero-order chi connectivity index (χ0) is 16.2. The van der Waals surface area contributed by atoms with E-state index < -0.39 is 0 Å². The largest absolute Gasteiger partial charge is 0.493 e. The van der Waals surface area contributed by atoms with Gasteiger partial charge in [0.05, 0.1) is 12.3 Å². The van der Waals surface area contributed by atoms with E-state index in [0.717, 1.165) is 12.8 Å². The summed E-state index contributed by atoms with van der Waals surface area (Å²) in [6.07, 6.45) is 1.48. The third kappa shape index (κ3) is 7.95. The Kier molecular flexibility index (Phi) is 9.18. The summed E-state index contributed by atoms with van der Waals surface area (Å²) in [5, 5.41) is 2.75. The van der Waals surface area contributed by atoms with Gasteiger partial charge in [0.25, 0.3) is 0 Å². The summed E-state index contributed by atoms with van der Waals surface area (Å²) >= 11 is 0. The van der Waals surface area contributed by atoms with Crippen LogP contribution in [-0.2, 0) is 14.3 Å². The lowest BCUT2D eigenvalue weighted by molar-refractivity contribution is -0.121. The van der Waals surface area contributed by atoms with Crippen molar-refractivity contribution in [3.63, 3.8) is 0 Å². The Morgan fingerprint density at radius 3 is 2.45 bits per heavy atom. The molecule has 6 heteroatoms. The predicted molar refractivity (Wildman–Crippen MR) is 83.0 cm³/mol. The molecule has 1 aromatic carbocycles. The van der Waals surface area contributed by atoms with Gasteiger partial charge in [-0.3, -0.25) is 4.79 Å². The second-order valence-corrected chi connectivity index (χ2v) is 4.81. The van der Waals surface area contributed by atoms with Crippen LogP contribution in [0.1, 0.15) is 19.8 Å². The van der Waals surface area contributed by atoms with E-state index in [1.54, 1.807) is 19.2 Å². The van der Waals surface area contributed by atoms with Gasteiger partial charge in [0.15, 0.2) is 5.78 Å². The van der Waals surface area contributed by atoms with E-state index in [0.29, 0.717) is 37.9 Å². The molecule has 0 aliphatic rings. The Bertz CT molecular complexity index is 454. The molecule has 0 radical (unpaired) electrons. The lowest BCUT2D eigenvalue weighted by atomic mass is 10.3. The minimum atomic E-state index is -0.332. The van der Waals surface area contributed by atoms with Crippen molar-refractivity contribution in [2.24, 2.45) is 0 Å². The molecule has 0 aliphatic carbocycles. The number of ketones is 1. The lowest BCUT2D eigenvalue weighted by Crippen LogP contribution is -2.08. The second kappa shape index (κ2) is 11.0. The molecule has 0 spiro atoms. The Labute approximate surface area is 130 Å². The first-order chi connectivity index (χ1) is 10.6. The highest BCUT2D eigenvalue weighted by atomic mass is 19.1. The molecule has 0 bridgehead atoms. The second-order valence-electron chi connectivity index (χ2n) is 4.81. The number of benzene rings is 1. The number of hydrogen-bond acceptors (Lipinski definition) is 5. The van der Waals surface area contributed by atoms with Crippen molar-refractivity contribution in [2.75, 3.05) is 45.4 Å². The third-order valence-corrected chi connectivity index (χ3v) is 2.79. The van der Waals surface area contributed by atoms with Crippen molar-refractivity contribution in [1.29, 1.82) is 0 Å². The molecule has 1 aromatic rings. The molecule has 22 heavy (non-hydrogen) atoms. The summed E-state index contributed by atoms with van der Waals surface area (Å²) in [6.45, 7) is 3.81. The standard InChI is InChI=1S/C16H24FNO4/c1-13(19)12-21-9-3-7-20-8-4-10-22-14-5-6-16(18-2)15(17)11-14/h5-6,11,18H,3-4,7-10,12H2,1-2H3. The number of Topliss-reactive ketones (excluding diaryl/α,β-unsaturated/α-hetero) is 1. The number of carbonyl (C=O) groups excluding carboxylic acids is 1. The van der Waals surface area contributed by atoms with Gasteiger partial charge in [-0.25, -0.2) is 4.39 Å². The predicted octanol–water partition coefficient (Wildman–Crippen LogP) is 2.65. The molecule has 1 rings (SSSR count). The Balaban J connectivity index is 1.99. The van der Waals surface area contributed by atoms with Crippen LogP contribution in [-0.4, -0.2) is 45.9 Å². The van der Waals surface area contributed by atoms with Crippen LogP contribution in [0, 0.1) is 5.82 Å². The first-order valence-corrected chi connectivity index (χ1v) is 7.38. The highest BCUT2D eigenvalue weighted by Gasteiger charge is 2.02. The minimum Gasteiger partial charge on any atom is -0.493 e. The van der Waals surface area contributed by atoms with Gasteiger partial charge < -0.3 is 19.5 Å². The van der Waals surface area contributed by atoms with Crippen LogP contribution in [0.3, 0.4) is 0 Å². The van der Waals surface area contributed by atoms with E-state index >= 15 is 0 Å². The molecule has 5 nitrogen and oxygen atoms in total. The molecule has 0 amide bonds. The van der Waals surface area contributed by atoms with Gasteiger partial charge in [-0.05, 0) is 25.5 Å². The summed E-state index contributed by atoms with van der Waals surface area (Å²) < 4.78 is 29.5. The van der Waals surface area contributed by atoms with Crippen molar-refractivity contribution < 1.29 is 23.4 Å². The normalized spacial score (nSPS) is 10.5. The Hall–Kier alpha value is -1.66. The van der Waals surface area contributed by atoms with Crippen LogP contribution in [0.25, 0.3) is 0 Å². The topological polar surface area (TPSA) is 56.8 Å². The molecule has 0 aliphatic heterocycles. The monoisotopic (exact) mass is 313 g/mol. The van der Waals surface area contributed by atoms with E-state index in [1.165, 1.54) is 13.0 Å². The average Bonchev–Trinajstić information content (AvgIpc) is 2.49. The summed E-state index contributed by atoms with van der Waals surface area (Å²) in [6, 6.07) is 4.73. The van der Waals surface area contributed by atoms with E-state index in [4.69, 9.17) is 14.2 Å². The Morgan fingerprint density at radius 1 is 1.14 bits per heavy atom. The SMILES string of the molecule is CNc1ccc(OCCCOCCCOCC(C)=O)cc1F. The summed E-state index contributed by atoms with van der Waals surface area (Å²) in [7, 11) is 1.67. The molecule has 0 aromatic heterocycles. The highest BCUT2D eigenvalue weighted by Crippen LogP contribution is 2.20. The number of ether oxygens (including phenoxy) is 3. The molecule has 124 valence electrons. The molecule has 0 heterocycles. The average molecular weight is 313 g/mol. The molecule has 1 N–H and O–H groups in total. The van der Waals surface area contributed by atoms with Crippen molar-refractivity contribution in [3.05, 3.63) is 24.0 Å². The smallest absolute Gasteiger partial charge is 0.155 e. The third-order valence-electron chi connectivity index (χ3n) is 2.79. The van der Waals surface area contributed by atoms with E-state index in [-0.39, 0.29) is 18.2 Å². The van der Waals surface area contributed by atoms with Gasteiger partial charge in [0.2, 0.25) is 0 Å². The number of rotatable bonds is 12. The van der Waals surface area contributed by atoms with Gasteiger partial charge in [-0.1, -0.05) is 0 Å². The quantitative estimate of drug-likeness (QED) is 0.601. The van der Waals surface area contributed by atoms with Gasteiger partial charge in [0.1, 0.15) is 18.2 Å². The van der Waals surface area contributed by atoms with Crippen LogP contribution < -0.4 is 10.1 Å². The fraction of sp³-hybridized carbons (Fsp3) is 0.562. The van der Waals surface area contributed by atoms with Crippen molar-refractivity contribution in [3.8, 4) is 5.75 Å². The molecule has 0 atom stereocenters. The molecule has 0 saturated heterocycles. The Morgan fingerprint density at radius 2 is 1.82 bits per heavy atom. The van der Waals surface area contributed by atoms with Crippen molar-refractivity contribution in [1.82, 2.24) is 0 Å². The lowest BCUT2D eigenvalue weighted by Gasteiger charge is -2.09. The fourth-order valence-electron chi connectivity index (χ4n) is 1.72. The number of nitrogens with one attached hydrogen (secondary N) is 1. The van der Waals surface area contributed by atoms with Gasteiger partial charge in [0, 0.05) is 39.4 Å². The molecular formula is C16H24FNO4. The highest BCUT2D eigenvalue weighted by molar-refractivity contribution is 5.76. The zero-order valence-corrected chi connectivity index (χ0v) is 13.2. The molecule has 0 saturated carbocycles. The van der Waals surface area contributed by atoms with E-state index in [9.17, 15) is 9.18 Å². The first kappa shape index (κ1) is 18.4. The fourth-order valence-corrected chi connectivity index (χ4v) is 1.72. The molecule has 0 unspecified atom stereocenters. The maximum Gasteiger partial charge on any atom is 0.155 e.